The van der Waals surface area contributed by atoms with E-state index in [2.05, 4.69) is 6.92 Å². The van der Waals surface area contributed by atoms with E-state index in [4.69, 9.17) is 15.2 Å². The maximum atomic E-state index is 5.81. The van der Waals surface area contributed by atoms with E-state index in [0.717, 1.165) is 31.6 Å². The van der Waals surface area contributed by atoms with Crippen LogP contribution in [0.1, 0.15) is 26.2 Å². The number of rotatable bonds is 9. The fourth-order valence-electron chi connectivity index (χ4n) is 1.49. The highest BCUT2D eigenvalue weighted by atomic mass is 16.5. The Morgan fingerprint density at radius 1 is 1.12 bits per heavy atom. The standard InChI is InChI=1S/C14H23NO2/c1-2-13(15)7-6-10-16-11-12-17-14-8-4-3-5-9-14/h3-5,8-9,13H,2,6-7,10-12,15H2,1H3. The molecule has 3 nitrogen and oxygen atoms in total. The Labute approximate surface area is 104 Å². The number of para-hydroxylation sites is 1. The third-order valence-electron chi connectivity index (χ3n) is 2.63. The Hall–Kier alpha value is -1.06. The molecule has 1 aromatic carbocycles. The first-order valence-electron chi connectivity index (χ1n) is 6.34. The predicted molar refractivity (Wildman–Crippen MR) is 70.3 cm³/mol. The summed E-state index contributed by atoms with van der Waals surface area (Å²) in [7, 11) is 0. The third-order valence-corrected chi connectivity index (χ3v) is 2.63. The maximum Gasteiger partial charge on any atom is 0.119 e. The second kappa shape index (κ2) is 9.02. The van der Waals surface area contributed by atoms with E-state index in [0.29, 0.717) is 19.3 Å². The molecule has 0 saturated heterocycles. The summed E-state index contributed by atoms with van der Waals surface area (Å²) in [5.74, 6) is 0.893. The second-order valence-electron chi connectivity index (χ2n) is 4.08. The van der Waals surface area contributed by atoms with Gasteiger partial charge < -0.3 is 15.2 Å². The van der Waals surface area contributed by atoms with Crippen molar-refractivity contribution in [1.29, 1.82) is 0 Å². The molecule has 0 aliphatic heterocycles. The van der Waals surface area contributed by atoms with Crippen LogP contribution in [0.15, 0.2) is 30.3 Å². The highest BCUT2D eigenvalue weighted by molar-refractivity contribution is 5.20. The highest BCUT2D eigenvalue weighted by Gasteiger charge is 1.98. The molecule has 3 heteroatoms. The van der Waals surface area contributed by atoms with Crippen molar-refractivity contribution in [3.8, 4) is 5.75 Å². The molecular formula is C14H23NO2. The van der Waals surface area contributed by atoms with Gasteiger partial charge in [0.15, 0.2) is 0 Å². The Morgan fingerprint density at radius 3 is 2.59 bits per heavy atom. The van der Waals surface area contributed by atoms with E-state index in [9.17, 15) is 0 Å². The molecule has 0 radical (unpaired) electrons. The largest absolute Gasteiger partial charge is 0.491 e. The van der Waals surface area contributed by atoms with Gasteiger partial charge in [0.1, 0.15) is 12.4 Å². The van der Waals surface area contributed by atoms with Gasteiger partial charge in [-0.1, -0.05) is 25.1 Å². The summed E-state index contributed by atoms with van der Waals surface area (Å²) < 4.78 is 11.0. The zero-order valence-corrected chi connectivity index (χ0v) is 10.6. The van der Waals surface area contributed by atoms with Gasteiger partial charge in [0, 0.05) is 12.6 Å². The summed E-state index contributed by atoms with van der Waals surface area (Å²) in [6.07, 6.45) is 3.10. The molecule has 0 amide bonds. The number of benzene rings is 1. The normalized spacial score (nSPS) is 12.4. The lowest BCUT2D eigenvalue weighted by molar-refractivity contribution is 0.0964. The Morgan fingerprint density at radius 2 is 1.88 bits per heavy atom. The fourth-order valence-corrected chi connectivity index (χ4v) is 1.49. The van der Waals surface area contributed by atoms with Crippen LogP contribution in [0, 0.1) is 0 Å². The predicted octanol–water partition coefficient (Wildman–Crippen LogP) is 2.60. The fraction of sp³-hybridized carbons (Fsp3) is 0.571. The van der Waals surface area contributed by atoms with Gasteiger partial charge in [0.25, 0.3) is 0 Å². The maximum absolute atomic E-state index is 5.81. The topological polar surface area (TPSA) is 44.5 Å². The summed E-state index contributed by atoms with van der Waals surface area (Å²) in [6.45, 7) is 4.12. The first-order valence-corrected chi connectivity index (χ1v) is 6.34. The zero-order chi connectivity index (χ0) is 12.3. The molecule has 0 aliphatic rings. The zero-order valence-electron chi connectivity index (χ0n) is 10.6. The van der Waals surface area contributed by atoms with Crippen molar-refractivity contribution in [2.45, 2.75) is 32.2 Å². The molecule has 1 aromatic rings. The number of hydrogen-bond acceptors (Lipinski definition) is 3. The van der Waals surface area contributed by atoms with Crippen molar-refractivity contribution in [2.75, 3.05) is 19.8 Å². The molecular weight excluding hydrogens is 214 g/mol. The van der Waals surface area contributed by atoms with Crippen LogP contribution in [-0.4, -0.2) is 25.9 Å². The molecule has 96 valence electrons. The lowest BCUT2D eigenvalue weighted by Gasteiger charge is -2.09. The molecule has 2 N–H and O–H groups in total. The monoisotopic (exact) mass is 237 g/mol. The van der Waals surface area contributed by atoms with Gasteiger partial charge in [0.2, 0.25) is 0 Å². The summed E-state index contributed by atoms with van der Waals surface area (Å²) in [5, 5.41) is 0. The molecule has 17 heavy (non-hydrogen) atoms. The van der Waals surface area contributed by atoms with Crippen LogP contribution >= 0.6 is 0 Å². The molecule has 0 fully saturated rings. The third kappa shape index (κ3) is 6.97. The molecule has 0 saturated carbocycles. The quantitative estimate of drug-likeness (QED) is 0.671. The first kappa shape index (κ1) is 14.0. The van der Waals surface area contributed by atoms with E-state index in [1.807, 2.05) is 30.3 Å². The Kier molecular flexibility index (Phi) is 7.43. The summed E-state index contributed by atoms with van der Waals surface area (Å²) in [4.78, 5) is 0. The lowest BCUT2D eigenvalue weighted by Crippen LogP contribution is -2.19. The minimum Gasteiger partial charge on any atom is -0.491 e. The summed E-state index contributed by atoms with van der Waals surface area (Å²) >= 11 is 0. The van der Waals surface area contributed by atoms with Crippen molar-refractivity contribution in [2.24, 2.45) is 5.73 Å². The van der Waals surface area contributed by atoms with Gasteiger partial charge in [-0.25, -0.2) is 0 Å². The molecule has 0 aliphatic carbocycles. The van der Waals surface area contributed by atoms with Crippen LogP contribution in [0.4, 0.5) is 0 Å². The minimum absolute atomic E-state index is 0.319. The Bertz CT molecular complexity index is 277. The first-order chi connectivity index (χ1) is 8.33. The number of nitrogens with two attached hydrogens (primary N) is 1. The molecule has 1 atom stereocenters. The Balaban J connectivity index is 1.91. The molecule has 1 unspecified atom stereocenters. The van der Waals surface area contributed by atoms with Crippen LogP contribution < -0.4 is 10.5 Å². The van der Waals surface area contributed by atoms with Crippen molar-refractivity contribution >= 4 is 0 Å². The van der Waals surface area contributed by atoms with Gasteiger partial charge in [0.05, 0.1) is 6.61 Å². The van der Waals surface area contributed by atoms with Crippen LogP contribution in [0.3, 0.4) is 0 Å². The number of ether oxygens (including phenoxy) is 2. The van der Waals surface area contributed by atoms with Gasteiger partial charge in [-0.15, -0.1) is 0 Å². The molecule has 0 aromatic heterocycles. The van der Waals surface area contributed by atoms with Crippen LogP contribution in [-0.2, 0) is 4.74 Å². The smallest absolute Gasteiger partial charge is 0.119 e. The SMILES string of the molecule is CCC(N)CCCOCCOc1ccccc1. The van der Waals surface area contributed by atoms with E-state index in [-0.39, 0.29) is 0 Å². The number of hydrogen-bond donors (Lipinski definition) is 1. The van der Waals surface area contributed by atoms with Gasteiger partial charge in [-0.3, -0.25) is 0 Å². The van der Waals surface area contributed by atoms with Crippen molar-refractivity contribution in [3.63, 3.8) is 0 Å². The van der Waals surface area contributed by atoms with Crippen LogP contribution in [0.2, 0.25) is 0 Å². The van der Waals surface area contributed by atoms with Gasteiger partial charge >= 0.3 is 0 Å². The van der Waals surface area contributed by atoms with E-state index in [1.54, 1.807) is 0 Å². The van der Waals surface area contributed by atoms with E-state index < -0.39 is 0 Å². The van der Waals surface area contributed by atoms with Crippen molar-refractivity contribution < 1.29 is 9.47 Å². The molecule has 0 heterocycles. The highest BCUT2D eigenvalue weighted by Crippen LogP contribution is 2.07. The lowest BCUT2D eigenvalue weighted by atomic mass is 10.1. The second-order valence-corrected chi connectivity index (χ2v) is 4.08. The molecule has 0 bridgehead atoms. The minimum atomic E-state index is 0.319. The molecule has 1 rings (SSSR count). The average Bonchev–Trinajstić information content (AvgIpc) is 2.38. The molecule has 0 spiro atoms. The van der Waals surface area contributed by atoms with E-state index in [1.165, 1.54) is 0 Å². The average molecular weight is 237 g/mol. The van der Waals surface area contributed by atoms with Gasteiger partial charge in [-0.2, -0.15) is 0 Å². The summed E-state index contributed by atoms with van der Waals surface area (Å²) in [5.41, 5.74) is 5.81. The van der Waals surface area contributed by atoms with Crippen molar-refractivity contribution in [3.05, 3.63) is 30.3 Å². The van der Waals surface area contributed by atoms with Gasteiger partial charge in [-0.05, 0) is 31.4 Å². The summed E-state index contributed by atoms with van der Waals surface area (Å²) in [6, 6.07) is 10.1. The van der Waals surface area contributed by atoms with E-state index >= 15 is 0 Å². The van der Waals surface area contributed by atoms with Crippen LogP contribution in [0.5, 0.6) is 5.75 Å². The van der Waals surface area contributed by atoms with Crippen LogP contribution in [0.25, 0.3) is 0 Å². The van der Waals surface area contributed by atoms with Crippen molar-refractivity contribution in [1.82, 2.24) is 0 Å².